The summed E-state index contributed by atoms with van der Waals surface area (Å²) in [6.45, 7) is 0. The number of ether oxygens (including phenoxy) is 1. The van der Waals surface area contributed by atoms with Gasteiger partial charge in [-0.25, -0.2) is 8.42 Å². The van der Waals surface area contributed by atoms with Crippen LogP contribution in [-0.4, -0.2) is 21.4 Å². The molecular weight excluding hydrogens is 421 g/mol. The molecule has 0 radical (unpaired) electrons. The van der Waals surface area contributed by atoms with Crippen molar-refractivity contribution in [2.24, 2.45) is 0 Å². The summed E-state index contributed by atoms with van der Waals surface area (Å²) in [6.07, 6.45) is 0. The number of hydrogen-bond donors (Lipinski definition) is 0. The summed E-state index contributed by atoms with van der Waals surface area (Å²) in [6, 6.07) is 18.1. The van der Waals surface area contributed by atoms with Crippen molar-refractivity contribution in [3.8, 4) is 5.75 Å². The molecule has 0 atom stereocenters. The summed E-state index contributed by atoms with van der Waals surface area (Å²) >= 11 is 11.9. The van der Waals surface area contributed by atoms with E-state index in [1.165, 1.54) is 49.6 Å². The Morgan fingerprint density at radius 1 is 0.893 bits per heavy atom. The van der Waals surface area contributed by atoms with Crippen LogP contribution < -0.4 is 9.04 Å². The van der Waals surface area contributed by atoms with E-state index >= 15 is 0 Å². The van der Waals surface area contributed by atoms with Gasteiger partial charge >= 0.3 is 0 Å². The van der Waals surface area contributed by atoms with Gasteiger partial charge in [-0.05, 0) is 54.6 Å². The van der Waals surface area contributed by atoms with Gasteiger partial charge in [0.1, 0.15) is 5.75 Å². The maximum absolute atomic E-state index is 13.3. The SMILES string of the molecule is COc1ccc(N(C(=O)c2ccc(Cl)c(Cl)c2)S(=O)(=O)c2ccccc2)cc1. The number of sulfonamides is 1. The van der Waals surface area contributed by atoms with Gasteiger partial charge < -0.3 is 4.74 Å². The Morgan fingerprint density at radius 2 is 1.54 bits per heavy atom. The fraction of sp³-hybridized carbons (Fsp3) is 0.0500. The highest BCUT2D eigenvalue weighted by Gasteiger charge is 2.32. The van der Waals surface area contributed by atoms with Crippen LogP contribution in [0.5, 0.6) is 5.75 Å². The number of anilines is 1. The zero-order valence-electron chi connectivity index (χ0n) is 14.7. The van der Waals surface area contributed by atoms with E-state index in [-0.39, 0.29) is 26.2 Å². The first-order chi connectivity index (χ1) is 13.3. The van der Waals surface area contributed by atoms with Crippen LogP contribution in [0.4, 0.5) is 5.69 Å². The Labute approximate surface area is 173 Å². The molecule has 0 unspecified atom stereocenters. The summed E-state index contributed by atoms with van der Waals surface area (Å²) in [7, 11) is -2.68. The number of hydrogen-bond acceptors (Lipinski definition) is 4. The maximum Gasteiger partial charge on any atom is 0.272 e. The maximum atomic E-state index is 13.3. The highest BCUT2D eigenvalue weighted by Crippen LogP contribution is 2.29. The molecule has 0 heterocycles. The molecule has 28 heavy (non-hydrogen) atoms. The molecule has 0 saturated carbocycles. The van der Waals surface area contributed by atoms with Gasteiger partial charge in [-0.2, -0.15) is 4.31 Å². The third-order valence-corrected chi connectivity index (χ3v) is 6.40. The molecule has 3 aromatic rings. The Balaban J connectivity index is 2.16. The van der Waals surface area contributed by atoms with Gasteiger partial charge in [0.15, 0.2) is 0 Å². The number of carbonyl (C=O) groups excluding carboxylic acids is 1. The fourth-order valence-corrected chi connectivity index (χ4v) is 4.26. The Morgan fingerprint density at radius 3 is 2.11 bits per heavy atom. The van der Waals surface area contributed by atoms with Gasteiger partial charge in [0, 0.05) is 5.56 Å². The predicted molar refractivity (Wildman–Crippen MR) is 110 cm³/mol. The van der Waals surface area contributed by atoms with Gasteiger partial charge in [-0.3, -0.25) is 4.79 Å². The lowest BCUT2D eigenvalue weighted by atomic mass is 10.2. The van der Waals surface area contributed by atoms with Gasteiger partial charge in [0.2, 0.25) is 0 Å². The van der Waals surface area contributed by atoms with E-state index in [2.05, 4.69) is 0 Å². The number of halogens is 2. The van der Waals surface area contributed by atoms with Gasteiger partial charge in [0.05, 0.1) is 27.7 Å². The Hall–Kier alpha value is -2.54. The molecule has 3 aromatic carbocycles. The average Bonchev–Trinajstić information content (AvgIpc) is 2.71. The molecule has 0 aliphatic heterocycles. The van der Waals surface area contributed by atoms with Crippen LogP contribution in [0.15, 0.2) is 77.7 Å². The van der Waals surface area contributed by atoms with E-state index in [1.807, 2.05) is 0 Å². The minimum atomic E-state index is -4.18. The first-order valence-electron chi connectivity index (χ1n) is 8.08. The number of nitrogens with zero attached hydrogens (tertiary/aromatic N) is 1. The van der Waals surface area contributed by atoms with Crippen LogP contribution in [0.2, 0.25) is 10.0 Å². The highest BCUT2D eigenvalue weighted by molar-refractivity contribution is 7.93. The molecule has 0 saturated heterocycles. The van der Waals surface area contributed by atoms with E-state index < -0.39 is 15.9 Å². The number of benzene rings is 3. The Kier molecular flexibility index (Phi) is 5.93. The average molecular weight is 436 g/mol. The molecule has 0 fully saturated rings. The van der Waals surface area contributed by atoms with E-state index in [1.54, 1.807) is 30.3 Å². The van der Waals surface area contributed by atoms with Crippen LogP contribution in [0.3, 0.4) is 0 Å². The van der Waals surface area contributed by atoms with Crippen molar-refractivity contribution in [2.45, 2.75) is 4.90 Å². The summed E-state index contributed by atoms with van der Waals surface area (Å²) < 4.78 is 32.4. The molecule has 144 valence electrons. The van der Waals surface area contributed by atoms with E-state index in [9.17, 15) is 13.2 Å². The summed E-state index contributed by atoms with van der Waals surface area (Å²) in [4.78, 5) is 13.2. The van der Waals surface area contributed by atoms with Gasteiger partial charge in [-0.1, -0.05) is 41.4 Å². The quantitative estimate of drug-likeness (QED) is 0.562. The minimum absolute atomic E-state index is 0.0146. The molecule has 0 bridgehead atoms. The zero-order chi connectivity index (χ0) is 20.3. The number of amides is 1. The summed E-state index contributed by atoms with van der Waals surface area (Å²) in [5.41, 5.74) is 0.255. The van der Waals surface area contributed by atoms with Crippen molar-refractivity contribution in [2.75, 3.05) is 11.4 Å². The molecule has 0 aliphatic rings. The summed E-state index contributed by atoms with van der Waals surface area (Å²) in [5.74, 6) is -0.226. The smallest absolute Gasteiger partial charge is 0.272 e. The summed E-state index contributed by atoms with van der Waals surface area (Å²) in [5, 5.41) is 0.416. The standard InChI is InChI=1S/C20H15Cl2NO4S/c1-27-16-10-8-15(9-11-16)23(28(25,26)17-5-3-2-4-6-17)20(24)14-7-12-18(21)19(22)13-14/h2-13H,1H3. The monoisotopic (exact) mass is 435 g/mol. The normalized spacial score (nSPS) is 11.1. The van der Waals surface area contributed by atoms with Crippen LogP contribution >= 0.6 is 23.2 Å². The molecular formula is C20H15Cl2NO4S. The molecule has 0 N–H and O–H groups in total. The lowest BCUT2D eigenvalue weighted by Gasteiger charge is -2.23. The number of rotatable bonds is 5. The van der Waals surface area contributed by atoms with E-state index in [0.29, 0.717) is 5.75 Å². The van der Waals surface area contributed by atoms with Crippen molar-refractivity contribution in [3.63, 3.8) is 0 Å². The molecule has 8 heteroatoms. The van der Waals surface area contributed by atoms with Crippen LogP contribution in [0, 0.1) is 0 Å². The second kappa shape index (κ2) is 8.22. The first kappa shape index (κ1) is 20.2. The van der Waals surface area contributed by atoms with Crippen LogP contribution in [0.1, 0.15) is 10.4 Å². The lowest BCUT2D eigenvalue weighted by Crippen LogP contribution is -2.37. The third kappa shape index (κ3) is 3.99. The number of carbonyl (C=O) groups is 1. The fourth-order valence-electron chi connectivity index (χ4n) is 2.53. The topological polar surface area (TPSA) is 63.7 Å². The van der Waals surface area contributed by atoms with Gasteiger partial charge in [0.25, 0.3) is 15.9 Å². The second-order valence-corrected chi connectivity index (χ2v) is 8.32. The highest BCUT2D eigenvalue weighted by atomic mass is 35.5. The molecule has 3 rings (SSSR count). The second-order valence-electron chi connectivity index (χ2n) is 5.71. The third-order valence-electron chi connectivity index (χ3n) is 3.94. The van der Waals surface area contributed by atoms with Crippen LogP contribution in [0.25, 0.3) is 0 Å². The first-order valence-corrected chi connectivity index (χ1v) is 10.3. The van der Waals surface area contributed by atoms with Crippen molar-refractivity contribution in [1.29, 1.82) is 0 Å². The van der Waals surface area contributed by atoms with Crippen LogP contribution in [-0.2, 0) is 10.0 Å². The molecule has 0 aromatic heterocycles. The van der Waals surface area contributed by atoms with Crippen molar-refractivity contribution in [1.82, 2.24) is 0 Å². The van der Waals surface area contributed by atoms with Gasteiger partial charge in [-0.15, -0.1) is 0 Å². The molecule has 5 nitrogen and oxygen atoms in total. The lowest BCUT2D eigenvalue weighted by molar-refractivity contribution is 0.101. The Bertz CT molecular complexity index is 1100. The molecule has 0 aliphatic carbocycles. The van der Waals surface area contributed by atoms with E-state index in [4.69, 9.17) is 27.9 Å². The largest absolute Gasteiger partial charge is 0.497 e. The molecule has 0 spiro atoms. The van der Waals surface area contributed by atoms with E-state index in [0.717, 1.165) is 4.31 Å². The number of methoxy groups -OCH3 is 1. The van der Waals surface area contributed by atoms with Crippen molar-refractivity contribution >= 4 is 44.8 Å². The predicted octanol–water partition coefficient (Wildman–Crippen LogP) is 5.04. The minimum Gasteiger partial charge on any atom is -0.497 e. The molecule has 1 amide bonds. The van der Waals surface area contributed by atoms with Crippen molar-refractivity contribution < 1.29 is 17.9 Å². The van der Waals surface area contributed by atoms with Crippen molar-refractivity contribution in [3.05, 3.63) is 88.4 Å². The zero-order valence-corrected chi connectivity index (χ0v) is 17.0.